The largest absolute Gasteiger partial charge is 0.478 e. The Morgan fingerprint density at radius 1 is 1.21 bits per heavy atom. The van der Waals surface area contributed by atoms with Gasteiger partial charge in [-0.2, -0.15) is 0 Å². The summed E-state index contributed by atoms with van der Waals surface area (Å²) in [5, 5.41) is 9.79. The minimum atomic E-state index is -0.986. The third-order valence-corrected chi connectivity index (χ3v) is 3.40. The van der Waals surface area contributed by atoms with Crippen molar-refractivity contribution < 1.29 is 9.90 Å². The first kappa shape index (κ1) is 13.5. The van der Waals surface area contributed by atoms with E-state index in [1.54, 1.807) is 25.4 Å². The minimum absolute atomic E-state index is 0.208. The maximum atomic E-state index is 11.3. The van der Waals surface area contributed by atoms with Crippen molar-refractivity contribution in [2.75, 3.05) is 0 Å². The normalized spacial score (nSPS) is 10.5. The Morgan fingerprint density at radius 2 is 1.84 bits per heavy atom. The second-order valence-corrected chi connectivity index (χ2v) is 5.18. The van der Waals surface area contributed by atoms with Crippen molar-refractivity contribution in [2.24, 2.45) is 0 Å². The van der Waals surface area contributed by atoms with Crippen molar-refractivity contribution in [2.45, 2.75) is 30.8 Å². The molecular weight excluding hydrogens is 262 g/mol. The summed E-state index contributed by atoms with van der Waals surface area (Å²) in [6, 6.07) is 1.74. The van der Waals surface area contributed by atoms with Gasteiger partial charge in [-0.3, -0.25) is 4.98 Å². The highest BCUT2D eigenvalue weighted by molar-refractivity contribution is 7.99. The molecule has 0 fully saturated rings. The van der Waals surface area contributed by atoms with Crippen LogP contribution in [0.3, 0.4) is 0 Å². The monoisotopic (exact) mass is 275 g/mol. The highest BCUT2D eigenvalue weighted by atomic mass is 32.2. The molecule has 5 nitrogen and oxygen atoms in total. The first-order valence-corrected chi connectivity index (χ1v) is 6.47. The van der Waals surface area contributed by atoms with E-state index in [1.807, 2.05) is 13.8 Å². The van der Waals surface area contributed by atoms with Crippen LogP contribution >= 0.6 is 11.8 Å². The van der Waals surface area contributed by atoms with Gasteiger partial charge in [0.25, 0.3) is 0 Å². The minimum Gasteiger partial charge on any atom is -0.478 e. The van der Waals surface area contributed by atoms with Gasteiger partial charge in [-0.15, -0.1) is 0 Å². The lowest BCUT2D eigenvalue weighted by Crippen LogP contribution is -2.05. The topological polar surface area (TPSA) is 76.0 Å². The predicted octanol–water partition coefficient (Wildman–Crippen LogP) is 2.65. The molecule has 0 spiro atoms. The van der Waals surface area contributed by atoms with E-state index in [4.69, 9.17) is 0 Å². The summed E-state index contributed by atoms with van der Waals surface area (Å²) in [6.45, 7) is 5.42. The standard InChI is InChI=1S/C13H13N3O2S/c1-7-5-14-13(15-6-7)19-10-4-8(2)16-9(3)11(10)12(17)18/h4-6H,1-3H3,(H,17,18). The second-order valence-electron chi connectivity index (χ2n) is 4.17. The lowest BCUT2D eigenvalue weighted by molar-refractivity contribution is 0.0691. The SMILES string of the molecule is Cc1cnc(Sc2cc(C)nc(C)c2C(=O)O)nc1. The summed E-state index contributed by atoms with van der Waals surface area (Å²) < 4.78 is 0. The zero-order valence-electron chi connectivity index (χ0n) is 10.8. The number of aromatic carboxylic acids is 1. The van der Waals surface area contributed by atoms with Crippen LogP contribution in [0, 0.1) is 20.8 Å². The second kappa shape index (κ2) is 5.36. The molecule has 0 atom stereocenters. The average molecular weight is 275 g/mol. The fourth-order valence-corrected chi connectivity index (χ4v) is 2.64. The molecule has 0 unspecified atom stereocenters. The van der Waals surface area contributed by atoms with Crippen LogP contribution in [0.5, 0.6) is 0 Å². The quantitative estimate of drug-likeness (QED) is 0.868. The summed E-state index contributed by atoms with van der Waals surface area (Å²) in [4.78, 5) is 24.4. The fourth-order valence-electron chi connectivity index (χ4n) is 1.67. The molecular formula is C13H13N3O2S. The third kappa shape index (κ3) is 3.08. The number of rotatable bonds is 3. The van der Waals surface area contributed by atoms with Crippen LogP contribution in [0.15, 0.2) is 28.5 Å². The van der Waals surface area contributed by atoms with Gasteiger partial charge in [0.15, 0.2) is 5.16 Å². The van der Waals surface area contributed by atoms with E-state index in [2.05, 4.69) is 15.0 Å². The lowest BCUT2D eigenvalue weighted by Gasteiger charge is -2.08. The molecule has 19 heavy (non-hydrogen) atoms. The number of carboxylic acid groups (broad SMARTS) is 1. The van der Waals surface area contributed by atoms with E-state index >= 15 is 0 Å². The molecule has 0 saturated heterocycles. The summed E-state index contributed by atoms with van der Waals surface area (Å²) in [5.41, 5.74) is 2.45. The Labute approximate surface area is 115 Å². The molecule has 2 heterocycles. The van der Waals surface area contributed by atoms with Crippen LogP contribution in [0.1, 0.15) is 27.3 Å². The van der Waals surface area contributed by atoms with Crippen LogP contribution in [-0.4, -0.2) is 26.0 Å². The summed E-state index contributed by atoms with van der Waals surface area (Å²) in [7, 11) is 0. The fraction of sp³-hybridized carbons (Fsp3) is 0.231. The van der Waals surface area contributed by atoms with Crippen LogP contribution in [-0.2, 0) is 0 Å². The summed E-state index contributed by atoms with van der Waals surface area (Å²) >= 11 is 1.24. The van der Waals surface area contributed by atoms with E-state index in [0.717, 1.165) is 11.3 Å². The number of hydrogen-bond donors (Lipinski definition) is 1. The molecule has 0 amide bonds. The summed E-state index contributed by atoms with van der Waals surface area (Å²) in [6.07, 6.45) is 3.41. The molecule has 0 aromatic carbocycles. The van der Waals surface area contributed by atoms with Gasteiger partial charge in [0.2, 0.25) is 0 Å². The van der Waals surface area contributed by atoms with E-state index in [1.165, 1.54) is 11.8 Å². The van der Waals surface area contributed by atoms with Crippen molar-refractivity contribution in [1.82, 2.24) is 15.0 Å². The Bertz CT molecular complexity index is 627. The molecule has 0 saturated carbocycles. The first-order valence-electron chi connectivity index (χ1n) is 5.65. The van der Waals surface area contributed by atoms with Crippen molar-refractivity contribution in [1.29, 1.82) is 0 Å². The van der Waals surface area contributed by atoms with Gasteiger partial charge in [-0.1, -0.05) is 0 Å². The number of hydrogen-bond acceptors (Lipinski definition) is 5. The van der Waals surface area contributed by atoms with Crippen molar-refractivity contribution >= 4 is 17.7 Å². The van der Waals surface area contributed by atoms with Gasteiger partial charge in [-0.25, -0.2) is 14.8 Å². The molecule has 1 N–H and O–H groups in total. The molecule has 0 radical (unpaired) electrons. The smallest absolute Gasteiger partial charge is 0.338 e. The molecule has 2 aromatic heterocycles. The number of carboxylic acids is 1. The lowest BCUT2D eigenvalue weighted by atomic mass is 10.2. The number of carbonyl (C=O) groups is 1. The number of nitrogens with zero attached hydrogens (tertiary/aromatic N) is 3. The molecule has 0 bridgehead atoms. The van der Waals surface area contributed by atoms with Crippen LogP contribution in [0.4, 0.5) is 0 Å². The molecule has 98 valence electrons. The van der Waals surface area contributed by atoms with Crippen LogP contribution < -0.4 is 0 Å². The highest BCUT2D eigenvalue weighted by Crippen LogP contribution is 2.29. The van der Waals surface area contributed by atoms with Gasteiger partial charge in [0.05, 0.1) is 11.3 Å². The third-order valence-electron chi connectivity index (χ3n) is 2.46. The van der Waals surface area contributed by atoms with Crippen molar-refractivity contribution in [3.05, 3.63) is 41.0 Å². The Morgan fingerprint density at radius 3 is 2.42 bits per heavy atom. The zero-order chi connectivity index (χ0) is 14.0. The van der Waals surface area contributed by atoms with Crippen molar-refractivity contribution in [3.63, 3.8) is 0 Å². The van der Waals surface area contributed by atoms with Crippen LogP contribution in [0.25, 0.3) is 0 Å². The number of aryl methyl sites for hydroxylation is 3. The molecule has 6 heteroatoms. The predicted molar refractivity (Wildman–Crippen MR) is 71.6 cm³/mol. The van der Waals surface area contributed by atoms with Gasteiger partial charge < -0.3 is 5.11 Å². The van der Waals surface area contributed by atoms with E-state index in [-0.39, 0.29) is 5.56 Å². The zero-order valence-corrected chi connectivity index (χ0v) is 11.7. The number of aromatic nitrogens is 3. The van der Waals surface area contributed by atoms with Gasteiger partial charge in [0, 0.05) is 23.0 Å². The molecule has 2 rings (SSSR count). The first-order chi connectivity index (χ1) is 8.97. The highest BCUT2D eigenvalue weighted by Gasteiger charge is 2.17. The average Bonchev–Trinajstić information content (AvgIpc) is 2.30. The van der Waals surface area contributed by atoms with Gasteiger partial charge in [0.1, 0.15) is 0 Å². The van der Waals surface area contributed by atoms with E-state index in [9.17, 15) is 9.90 Å². The maximum absolute atomic E-state index is 11.3. The molecule has 2 aromatic rings. The van der Waals surface area contributed by atoms with Crippen molar-refractivity contribution in [3.8, 4) is 0 Å². The van der Waals surface area contributed by atoms with E-state index in [0.29, 0.717) is 15.7 Å². The van der Waals surface area contributed by atoms with Crippen LogP contribution in [0.2, 0.25) is 0 Å². The Kier molecular flexibility index (Phi) is 3.80. The molecule has 0 aliphatic heterocycles. The van der Waals surface area contributed by atoms with Gasteiger partial charge >= 0.3 is 5.97 Å². The number of pyridine rings is 1. The maximum Gasteiger partial charge on any atom is 0.338 e. The molecule has 0 aliphatic rings. The summed E-state index contributed by atoms with van der Waals surface area (Å²) in [5.74, 6) is -0.986. The Balaban J connectivity index is 2.44. The van der Waals surface area contributed by atoms with Gasteiger partial charge in [-0.05, 0) is 44.2 Å². The molecule has 0 aliphatic carbocycles. The Hall–Kier alpha value is -1.95. The van der Waals surface area contributed by atoms with E-state index < -0.39 is 5.97 Å².